The van der Waals surface area contributed by atoms with E-state index in [9.17, 15) is 13.2 Å². The van der Waals surface area contributed by atoms with Crippen LogP contribution in [0.5, 0.6) is 0 Å². The zero-order valence-electron chi connectivity index (χ0n) is 11.0. The van der Waals surface area contributed by atoms with Crippen molar-refractivity contribution < 1.29 is 18.3 Å². The highest BCUT2D eigenvalue weighted by Gasteiger charge is 2.25. The maximum atomic E-state index is 12.0. The molecule has 0 aliphatic heterocycles. The summed E-state index contributed by atoms with van der Waals surface area (Å²) in [4.78, 5) is 10.4. The molecule has 0 amide bonds. The number of hydrogen-bond acceptors (Lipinski definition) is 3. The summed E-state index contributed by atoms with van der Waals surface area (Å²) in [6.07, 6.45) is 0.352. The molecule has 0 atom stereocenters. The second kappa shape index (κ2) is 6.96. The maximum absolute atomic E-state index is 12.0. The van der Waals surface area contributed by atoms with Crippen molar-refractivity contribution in [1.82, 2.24) is 4.31 Å². The van der Waals surface area contributed by atoms with Crippen molar-refractivity contribution in [3.63, 3.8) is 0 Å². The predicted octanol–water partition coefficient (Wildman–Crippen LogP) is 1.55. The van der Waals surface area contributed by atoms with Crippen LogP contribution in [0.4, 0.5) is 0 Å². The molecule has 0 bridgehead atoms. The molecule has 0 aliphatic carbocycles. The first-order chi connectivity index (χ1) is 7.66. The van der Waals surface area contributed by atoms with E-state index in [2.05, 4.69) is 0 Å². The fraction of sp³-hybridized carbons (Fsp3) is 0.909. The van der Waals surface area contributed by atoms with Crippen molar-refractivity contribution in [1.29, 1.82) is 0 Å². The molecule has 1 N–H and O–H groups in total. The van der Waals surface area contributed by atoms with Gasteiger partial charge < -0.3 is 5.11 Å². The van der Waals surface area contributed by atoms with Gasteiger partial charge in [0.2, 0.25) is 10.0 Å². The molecule has 5 nitrogen and oxygen atoms in total. The Hall–Kier alpha value is -0.620. The second-order valence-electron chi connectivity index (χ2n) is 4.87. The van der Waals surface area contributed by atoms with Crippen molar-refractivity contribution in [2.24, 2.45) is 5.92 Å². The fourth-order valence-electron chi connectivity index (χ4n) is 1.62. The number of carboxylic acid groups (broad SMARTS) is 1. The predicted molar refractivity (Wildman–Crippen MR) is 67.3 cm³/mol. The first kappa shape index (κ1) is 16.4. The number of nitrogens with zero attached hydrogens (tertiary/aromatic N) is 1. The second-order valence-corrected chi connectivity index (χ2v) is 6.84. The zero-order chi connectivity index (χ0) is 13.6. The quantitative estimate of drug-likeness (QED) is 0.722. The average molecular weight is 265 g/mol. The van der Waals surface area contributed by atoms with Gasteiger partial charge in [-0.3, -0.25) is 4.79 Å². The highest BCUT2D eigenvalue weighted by Crippen LogP contribution is 2.12. The molecule has 0 aromatic carbocycles. The van der Waals surface area contributed by atoms with Crippen molar-refractivity contribution >= 4 is 16.0 Å². The molecule has 0 saturated heterocycles. The largest absolute Gasteiger partial charge is 0.481 e. The van der Waals surface area contributed by atoms with Gasteiger partial charge in [-0.15, -0.1) is 0 Å². The molecule has 0 spiro atoms. The minimum absolute atomic E-state index is 0.000415. The highest BCUT2D eigenvalue weighted by atomic mass is 32.2. The van der Waals surface area contributed by atoms with Gasteiger partial charge in [0.05, 0.1) is 5.75 Å². The third kappa shape index (κ3) is 6.63. The summed E-state index contributed by atoms with van der Waals surface area (Å²) < 4.78 is 25.5. The molecule has 102 valence electrons. The number of hydrogen-bond donors (Lipinski definition) is 1. The van der Waals surface area contributed by atoms with E-state index in [1.54, 1.807) is 13.8 Å². The molecule has 17 heavy (non-hydrogen) atoms. The Morgan fingerprint density at radius 1 is 1.24 bits per heavy atom. The Balaban J connectivity index is 4.57. The average Bonchev–Trinajstić information content (AvgIpc) is 2.08. The molecule has 0 fully saturated rings. The molecule has 0 heterocycles. The lowest BCUT2D eigenvalue weighted by Crippen LogP contribution is -2.40. The molecule has 0 rings (SSSR count). The summed E-state index contributed by atoms with van der Waals surface area (Å²) in [6, 6.07) is -0.132. The first-order valence-corrected chi connectivity index (χ1v) is 7.49. The summed E-state index contributed by atoms with van der Waals surface area (Å²) in [5.41, 5.74) is 0. The van der Waals surface area contributed by atoms with Gasteiger partial charge in [-0.2, -0.15) is 4.31 Å². The van der Waals surface area contributed by atoms with Gasteiger partial charge in [0, 0.05) is 19.0 Å². The number of rotatable bonds is 8. The number of sulfonamides is 1. The van der Waals surface area contributed by atoms with E-state index in [4.69, 9.17) is 5.11 Å². The van der Waals surface area contributed by atoms with Crippen LogP contribution in [0.15, 0.2) is 0 Å². The minimum Gasteiger partial charge on any atom is -0.481 e. The molecule has 0 aromatic rings. The fourth-order valence-corrected chi connectivity index (χ4v) is 3.71. The Morgan fingerprint density at radius 3 is 2.12 bits per heavy atom. The number of aliphatic carboxylic acids is 1. The smallest absolute Gasteiger partial charge is 0.303 e. The van der Waals surface area contributed by atoms with E-state index < -0.39 is 16.0 Å². The number of carbonyl (C=O) groups is 1. The molecule has 0 aliphatic rings. The van der Waals surface area contributed by atoms with Crippen LogP contribution in [-0.4, -0.2) is 42.1 Å². The molecular weight excluding hydrogens is 242 g/mol. The Kier molecular flexibility index (Phi) is 6.70. The summed E-state index contributed by atoms with van der Waals surface area (Å²) in [5, 5.41) is 8.55. The minimum atomic E-state index is -3.28. The van der Waals surface area contributed by atoms with Crippen LogP contribution in [0, 0.1) is 5.92 Å². The van der Waals surface area contributed by atoms with Crippen LogP contribution < -0.4 is 0 Å². The lowest BCUT2D eigenvalue weighted by Gasteiger charge is -2.26. The highest BCUT2D eigenvalue weighted by molar-refractivity contribution is 7.89. The van der Waals surface area contributed by atoms with Gasteiger partial charge in [0.25, 0.3) is 0 Å². The van der Waals surface area contributed by atoms with Crippen molar-refractivity contribution in [3.8, 4) is 0 Å². The van der Waals surface area contributed by atoms with Gasteiger partial charge in [0.1, 0.15) is 0 Å². The summed E-state index contributed by atoms with van der Waals surface area (Å²) >= 11 is 0. The molecule has 6 heteroatoms. The molecule has 0 unspecified atom stereocenters. The number of carboxylic acids is 1. The van der Waals surface area contributed by atoms with E-state index in [-0.39, 0.29) is 30.7 Å². The summed E-state index contributed by atoms with van der Waals surface area (Å²) in [7, 11) is -3.28. The summed E-state index contributed by atoms with van der Waals surface area (Å²) in [5.74, 6) is -0.714. The monoisotopic (exact) mass is 265 g/mol. The van der Waals surface area contributed by atoms with Crippen LogP contribution in [0.2, 0.25) is 0 Å². The van der Waals surface area contributed by atoms with Gasteiger partial charge in [0.15, 0.2) is 0 Å². The van der Waals surface area contributed by atoms with E-state index in [1.165, 1.54) is 4.31 Å². The van der Waals surface area contributed by atoms with Gasteiger partial charge in [-0.25, -0.2) is 8.42 Å². The van der Waals surface area contributed by atoms with Crippen molar-refractivity contribution in [3.05, 3.63) is 0 Å². The van der Waals surface area contributed by atoms with Gasteiger partial charge in [-0.05, 0) is 26.2 Å². The van der Waals surface area contributed by atoms with Crippen LogP contribution in [-0.2, 0) is 14.8 Å². The molecule has 0 saturated carbocycles. The van der Waals surface area contributed by atoms with E-state index >= 15 is 0 Å². The molecule has 0 aromatic heterocycles. The van der Waals surface area contributed by atoms with E-state index in [1.807, 2.05) is 13.8 Å². The Bertz CT molecular complexity index is 335. The molecule has 0 radical (unpaired) electrons. The standard InChI is InChI=1S/C11H23NO4S/c1-9(2)8-17(15,16)12(10(3)4)7-5-6-11(13)14/h9-10H,5-8H2,1-4H3,(H,13,14). The van der Waals surface area contributed by atoms with Crippen LogP contribution in [0.3, 0.4) is 0 Å². The lowest BCUT2D eigenvalue weighted by atomic mass is 10.3. The maximum Gasteiger partial charge on any atom is 0.303 e. The normalized spacial score (nSPS) is 12.6. The molecular formula is C11H23NO4S. The van der Waals surface area contributed by atoms with Crippen molar-refractivity contribution in [2.45, 2.75) is 46.6 Å². The van der Waals surface area contributed by atoms with Crippen LogP contribution in [0.1, 0.15) is 40.5 Å². The first-order valence-electron chi connectivity index (χ1n) is 5.88. The lowest BCUT2D eigenvalue weighted by molar-refractivity contribution is -0.137. The van der Waals surface area contributed by atoms with Gasteiger partial charge in [-0.1, -0.05) is 13.8 Å². The van der Waals surface area contributed by atoms with Crippen LogP contribution >= 0.6 is 0 Å². The van der Waals surface area contributed by atoms with Crippen molar-refractivity contribution in [2.75, 3.05) is 12.3 Å². The Morgan fingerprint density at radius 2 is 1.76 bits per heavy atom. The third-order valence-corrected chi connectivity index (χ3v) is 4.65. The third-order valence-electron chi connectivity index (χ3n) is 2.25. The van der Waals surface area contributed by atoms with Gasteiger partial charge >= 0.3 is 5.97 Å². The Labute approximate surface area is 104 Å². The van der Waals surface area contributed by atoms with E-state index in [0.29, 0.717) is 6.42 Å². The summed E-state index contributed by atoms with van der Waals surface area (Å²) in [6.45, 7) is 7.59. The topological polar surface area (TPSA) is 74.7 Å². The zero-order valence-corrected chi connectivity index (χ0v) is 11.8. The SMILES string of the molecule is CC(C)CS(=O)(=O)N(CCCC(=O)O)C(C)C. The van der Waals surface area contributed by atoms with Crippen LogP contribution in [0.25, 0.3) is 0 Å². The van der Waals surface area contributed by atoms with E-state index in [0.717, 1.165) is 0 Å².